The molecule has 2 aliphatic rings. The highest BCUT2D eigenvalue weighted by molar-refractivity contribution is 7.14. The first-order valence-electron chi connectivity index (χ1n) is 24.1. The Balaban J connectivity index is 0.000000164. The number of aromatic nitrogens is 6. The lowest BCUT2D eigenvalue weighted by atomic mass is 9.90. The summed E-state index contributed by atoms with van der Waals surface area (Å²) in [4.78, 5) is 26.4. The van der Waals surface area contributed by atoms with Crippen molar-refractivity contribution < 1.29 is 8.78 Å². The molecule has 8 heterocycles. The highest BCUT2D eigenvalue weighted by atomic mass is 32.1. The molecule has 0 radical (unpaired) electrons. The van der Waals surface area contributed by atoms with Gasteiger partial charge in [0.05, 0.1) is 22.8 Å². The average Bonchev–Trinajstić information content (AvgIpc) is 4.23. The van der Waals surface area contributed by atoms with Crippen LogP contribution in [0.1, 0.15) is 79.4 Å². The van der Waals surface area contributed by atoms with Crippen LogP contribution in [0.2, 0.25) is 0 Å². The lowest BCUT2D eigenvalue weighted by molar-refractivity contribution is 0.204. The summed E-state index contributed by atoms with van der Waals surface area (Å²) in [7, 11) is 4.11. The first-order valence-corrected chi connectivity index (χ1v) is 25.9. The van der Waals surface area contributed by atoms with Crippen LogP contribution in [0.15, 0.2) is 126 Å². The van der Waals surface area contributed by atoms with E-state index in [4.69, 9.17) is 19.9 Å². The molecule has 3 aromatic carbocycles. The summed E-state index contributed by atoms with van der Waals surface area (Å²) in [5, 5.41) is 9.28. The Kier molecular flexibility index (Phi) is 13.9. The quantitative estimate of drug-likeness (QED) is 0.130. The number of rotatable bonds is 12. The monoisotopic (exact) mass is 960 g/mol. The van der Waals surface area contributed by atoms with Crippen molar-refractivity contribution in [2.75, 3.05) is 50.1 Å². The van der Waals surface area contributed by atoms with Gasteiger partial charge in [0.25, 0.3) is 0 Å². The maximum atomic E-state index is 13.4. The molecule has 9 aromatic rings. The number of imidazole rings is 2. The average molecular weight is 961 g/mol. The number of benzene rings is 3. The Labute approximate surface area is 411 Å². The van der Waals surface area contributed by atoms with E-state index in [1.54, 1.807) is 46.9 Å². The molecule has 2 saturated heterocycles. The number of aryl methyl sites for hydroxylation is 2. The summed E-state index contributed by atoms with van der Waals surface area (Å²) in [6.07, 6.45) is 10.9. The van der Waals surface area contributed by atoms with E-state index in [9.17, 15) is 8.78 Å². The first-order chi connectivity index (χ1) is 33.7. The van der Waals surface area contributed by atoms with Gasteiger partial charge in [-0.25, -0.2) is 28.7 Å². The normalized spacial score (nSPS) is 14.9. The second kappa shape index (κ2) is 20.7. The lowest BCUT2D eigenvalue weighted by Gasteiger charge is -2.32. The van der Waals surface area contributed by atoms with Crippen LogP contribution >= 0.6 is 22.7 Å². The summed E-state index contributed by atoms with van der Waals surface area (Å²) in [5.74, 6) is 2.78. The Morgan fingerprint density at radius 2 is 1.04 bits per heavy atom. The molecule has 11 rings (SSSR count). The number of piperidine rings is 2. The van der Waals surface area contributed by atoms with Crippen LogP contribution in [-0.4, -0.2) is 73.9 Å². The molecule has 0 aliphatic carbocycles. The second-order valence-corrected chi connectivity index (χ2v) is 19.7. The maximum Gasteiger partial charge on any atom is 0.191 e. The zero-order chi connectivity index (χ0) is 47.4. The maximum absolute atomic E-state index is 13.4. The molecule has 0 spiro atoms. The van der Waals surface area contributed by atoms with Gasteiger partial charge < -0.3 is 15.1 Å². The van der Waals surface area contributed by atoms with Gasteiger partial charge in [-0.15, -0.1) is 22.7 Å². The van der Waals surface area contributed by atoms with Gasteiger partial charge in [0, 0.05) is 54.9 Å². The molecule has 0 amide bonds. The molecule has 0 bridgehead atoms. The third kappa shape index (κ3) is 10.1. The minimum atomic E-state index is -0.239. The highest BCUT2D eigenvalue weighted by Crippen LogP contribution is 2.37. The van der Waals surface area contributed by atoms with Crippen molar-refractivity contribution in [2.24, 2.45) is 0 Å². The van der Waals surface area contributed by atoms with Gasteiger partial charge in [-0.05, 0) is 154 Å². The van der Waals surface area contributed by atoms with Gasteiger partial charge in [-0.3, -0.25) is 13.7 Å². The summed E-state index contributed by atoms with van der Waals surface area (Å²) in [6, 6.07) is 32.5. The van der Waals surface area contributed by atoms with E-state index < -0.39 is 0 Å². The smallest absolute Gasteiger partial charge is 0.191 e. The molecule has 0 saturated carbocycles. The third-order valence-electron chi connectivity index (χ3n) is 13.6. The van der Waals surface area contributed by atoms with Gasteiger partial charge >= 0.3 is 0 Å². The van der Waals surface area contributed by atoms with E-state index in [1.165, 1.54) is 53.8 Å². The number of hydrogen-bond acceptors (Lipinski definition) is 10. The van der Waals surface area contributed by atoms with Crippen molar-refractivity contribution in [2.45, 2.75) is 70.8 Å². The predicted molar refractivity (Wildman–Crippen MR) is 279 cm³/mol. The lowest BCUT2D eigenvalue weighted by Crippen LogP contribution is -2.32. The fourth-order valence-electron chi connectivity index (χ4n) is 9.81. The van der Waals surface area contributed by atoms with Crippen LogP contribution in [0.5, 0.6) is 0 Å². The standard InChI is InChI=1S/C31H32FN5S.C24H26FN5S/c1-3-27-30(35(2)31-34-28(21-38-31)24-9-12-26(32)13-10-24)37-20-25(11-14-29(37)33-27)23-15-17-36(18-16-23)19-22-7-5-4-6-8-22;1-3-20-23(29(2)24-28-21(15-31-24)17-4-7-19(25)8-5-17)30-14-18(6-9-22(30)27-20)16-10-12-26-13-11-16/h4-14,20-21,23H,3,15-19H2,1-2H3;4-9,14-16,26H,3,10-13H2,1-2H3. The van der Waals surface area contributed by atoms with Crippen LogP contribution in [0, 0.1) is 11.6 Å². The van der Waals surface area contributed by atoms with Gasteiger partial charge in [-0.1, -0.05) is 56.3 Å². The molecule has 6 aromatic heterocycles. The van der Waals surface area contributed by atoms with E-state index in [-0.39, 0.29) is 11.6 Å². The molecule has 0 atom stereocenters. The number of likely N-dealkylation sites (tertiary alicyclic amines) is 1. The van der Waals surface area contributed by atoms with E-state index >= 15 is 0 Å². The summed E-state index contributed by atoms with van der Waals surface area (Å²) in [6.45, 7) is 9.68. The summed E-state index contributed by atoms with van der Waals surface area (Å²) >= 11 is 3.18. The molecule has 1 N–H and O–H groups in total. The number of fused-ring (bicyclic) bond motifs is 2. The SMILES string of the molecule is CCc1nc2ccc(C3CCN(Cc4ccccc4)CC3)cn2c1N(C)c1nc(-c2ccc(F)cc2)cs1.CCc1nc2ccc(C3CCNCC3)cn2c1N(C)c1nc(-c2ccc(F)cc2)cs1. The molecular formula is C55H58F2N10S2. The predicted octanol–water partition coefficient (Wildman–Crippen LogP) is 12.7. The van der Waals surface area contributed by atoms with Crippen LogP contribution in [0.3, 0.4) is 0 Å². The minimum Gasteiger partial charge on any atom is -0.317 e. The number of pyridine rings is 2. The van der Waals surface area contributed by atoms with Gasteiger partial charge in [0.15, 0.2) is 10.3 Å². The van der Waals surface area contributed by atoms with Crippen LogP contribution in [-0.2, 0) is 19.4 Å². The fraction of sp³-hybridized carbons (Fsp3) is 0.309. The Morgan fingerprint density at radius 3 is 1.51 bits per heavy atom. The molecule has 14 heteroatoms. The first kappa shape index (κ1) is 46.4. The number of thiazole rings is 2. The molecule has 354 valence electrons. The molecule has 0 unspecified atom stereocenters. The Bertz CT molecular complexity index is 3130. The number of halogens is 2. The second-order valence-electron chi connectivity index (χ2n) is 18.1. The largest absolute Gasteiger partial charge is 0.317 e. The summed E-state index contributed by atoms with van der Waals surface area (Å²) < 4.78 is 31.1. The number of nitrogens with one attached hydrogen (secondary N) is 1. The fourth-order valence-corrected chi connectivity index (χ4v) is 11.4. The molecular weight excluding hydrogens is 903 g/mol. The van der Waals surface area contributed by atoms with Gasteiger partial charge in [0.2, 0.25) is 0 Å². The molecule has 69 heavy (non-hydrogen) atoms. The Morgan fingerprint density at radius 1 is 0.580 bits per heavy atom. The zero-order valence-electron chi connectivity index (χ0n) is 39.7. The number of anilines is 4. The minimum absolute atomic E-state index is 0.237. The van der Waals surface area contributed by atoms with Crippen molar-refractivity contribution in [3.63, 3.8) is 0 Å². The van der Waals surface area contributed by atoms with Crippen molar-refractivity contribution in [1.29, 1.82) is 0 Å². The zero-order valence-corrected chi connectivity index (χ0v) is 41.3. The van der Waals surface area contributed by atoms with E-state index in [0.29, 0.717) is 11.8 Å². The van der Waals surface area contributed by atoms with E-state index in [2.05, 4.69) is 117 Å². The number of nitrogens with zero attached hydrogens (tertiary/aromatic N) is 9. The van der Waals surface area contributed by atoms with E-state index in [0.717, 1.165) is 126 Å². The van der Waals surface area contributed by atoms with Crippen molar-refractivity contribution >= 4 is 55.9 Å². The Hall–Kier alpha value is -6.32. The summed E-state index contributed by atoms with van der Waals surface area (Å²) in [5.41, 5.74) is 11.7. The van der Waals surface area contributed by atoms with Gasteiger partial charge in [0.1, 0.15) is 34.6 Å². The molecule has 2 aliphatic heterocycles. The van der Waals surface area contributed by atoms with Crippen LogP contribution in [0.4, 0.5) is 30.7 Å². The van der Waals surface area contributed by atoms with Gasteiger partial charge in [-0.2, -0.15) is 0 Å². The van der Waals surface area contributed by atoms with Crippen molar-refractivity contribution in [1.82, 2.24) is 39.0 Å². The van der Waals surface area contributed by atoms with Crippen molar-refractivity contribution in [3.8, 4) is 22.5 Å². The third-order valence-corrected chi connectivity index (χ3v) is 15.5. The number of hydrogen-bond donors (Lipinski definition) is 1. The van der Waals surface area contributed by atoms with Crippen LogP contribution < -0.4 is 15.1 Å². The van der Waals surface area contributed by atoms with E-state index in [1.807, 2.05) is 17.8 Å². The highest BCUT2D eigenvalue weighted by Gasteiger charge is 2.25. The molecule has 10 nitrogen and oxygen atoms in total. The molecule has 2 fully saturated rings. The van der Waals surface area contributed by atoms with Crippen molar-refractivity contribution in [3.05, 3.63) is 166 Å². The van der Waals surface area contributed by atoms with Crippen LogP contribution in [0.25, 0.3) is 33.8 Å². The topological polar surface area (TPSA) is 82.1 Å².